The van der Waals surface area contributed by atoms with Gasteiger partial charge in [0.15, 0.2) is 11.1 Å². The number of rotatable bonds is 5. The molecule has 0 radical (unpaired) electrons. The summed E-state index contributed by atoms with van der Waals surface area (Å²) in [5.74, 6) is 0.609. The predicted molar refractivity (Wildman–Crippen MR) is 103 cm³/mol. The first-order chi connectivity index (χ1) is 11.8. The van der Waals surface area contributed by atoms with Crippen LogP contribution in [-0.2, 0) is 11.3 Å². The lowest BCUT2D eigenvalue weighted by molar-refractivity contribution is -0.137. The van der Waals surface area contributed by atoms with Crippen LogP contribution in [0.3, 0.4) is 0 Å². The van der Waals surface area contributed by atoms with Crippen LogP contribution < -0.4 is 4.74 Å². The molecule has 0 aliphatic carbocycles. The number of imidazole rings is 1. The molecule has 0 fully saturated rings. The lowest BCUT2D eigenvalue weighted by atomic mass is 10.3. The summed E-state index contributed by atoms with van der Waals surface area (Å²) >= 11 is 5.04. The molecule has 2 aromatic heterocycles. The van der Waals surface area contributed by atoms with E-state index in [1.165, 1.54) is 4.88 Å². The van der Waals surface area contributed by atoms with Gasteiger partial charge in [0, 0.05) is 22.6 Å². The summed E-state index contributed by atoms with van der Waals surface area (Å²) in [6, 6.07) is 7.46. The molecule has 0 bridgehead atoms. The number of aromatic nitrogens is 2. The van der Waals surface area contributed by atoms with Gasteiger partial charge in [-0.1, -0.05) is 15.9 Å². The molecule has 0 saturated heterocycles. The van der Waals surface area contributed by atoms with Crippen LogP contribution in [0.4, 0.5) is 0 Å². The quantitative estimate of drug-likeness (QED) is 0.619. The fourth-order valence-corrected chi connectivity index (χ4v) is 3.83. The van der Waals surface area contributed by atoms with Gasteiger partial charge < -0.3 is 9.64 Å². The number of nitrogens with zero attached hydrogens (tertiary/aromatic N) is 3. The van der Waals surface area contributed by atoms with Gasteiger partial charge in [-0.15, -0.1) is 11.3 Å². The van der Waals surface area contributed by atoms with Gasteiger partial charge in [0.05, 0.1) is 17.9 Å². The Morgan fingerprint density at radius 1 is 1.36 bits per heavy atom. The van der Waals surface area contributed by atoms with Gasteiger partial charge in [-0.3, -0.25) is 9.20 Å². The van der Waals surface area contributed by atoms with E-state index in [9.17, 15) is 4.79 Å². The van der Waals surface area contributed by atoms with E-state index in [0.717, 1.165) is 20.8 Å². The highest BCUT2D eigenvalue weighted by atomic mass is 79.9. The highest BCUT2D eigenvalue weighted by molar-refractivity contribution is 9.10. The van der Waals surface area contributed by atoms with Crippen molar-refractivity contribution >= 4 is 38.1 Å². The van der Waals surface area contributed by atoms with Crippen LogP contribution in [0.15, 0.2) is 34.9 Å². The number of fused-ring (bicyclic) bond motifs is 1. The number of likely N-dealkylation sites (N-methyl/N-ethyl adjacent to an activating group) is 1. The Kier molecular flexibility index (Phi) is 5.15. The summed E-state index contributed by atoms with van der Waals surface area (Å²) in [6.07, 6.45) is 1.51. The Hall–Kier alpha value is -1.86. The highest BCUT2D eigenvalue weighted by Gasteiger charge is 2.22. The van der Waals surface area contributed by atoms with Crippen LogP contribution in [0.25, 0.3) is 4.96 Å². The minimum absolute atomic E-state index is 0.0655. The van der Waals surface area contributed by atoms with E-state index in [1.54, 1.807) is 30.2 Å². The molecular weight excluding hydrogens is 402 g/mol. The second-order valence-electron chi connectivity index (χ2n) is 6.05. The normalized spacial score (nSPS) is 12.4. The molecule has 1 amide bonds. The minimum Gasteiger partial charge on any atom is -0.481 e. The standard InChI is InChI=1S/C18H20BrN3O2S/c1-11-9-22-16(12(2)20-18(22)25-11)10-21(4)17(23)13(3)24-15-7-5-14(19)6-8-15/h5-9,13H,10H2,1-4H3. The zero-order valence-corrected chi connectivity index (χ0v) is 17.0. The van der Waals surface area contributed by atoms with Gasteiger partial charge in [-0.05, 0) is 45.0 Å². The van der Waals surface area contributed by atoms with E-state index in [0.29, 0.717) is 12.3 Å². The maximum absolute atomic E-state index is 12.7. The zero-order chi connectivity index (χ0) is 18.1. The number of amides is 1. The molecule has 25 heavy (non-hydrogen) atoms. The van der Waals surface area contributed by atoms with Gasteiger partial charge in [-0.2, -0.15) is 0 Å². The number of ether oxygens (including phenoxy) is 1. The van der Waals surface area contributed by atoms with Crippen molar-refractivity contribution < 1.29 is 9.53 Å². The van der Waals surface area contributed by atoms with Gasteiger partial charge in [0.2, 0.25) is 0 Å². The maximum atomic E-state index is 12.7. The molecule has 132 valence electrons. The summed E-state index contributed by atoms with van der Waals surface area (Å²) in [7, 11) is 1.79. The highest BCUT2D eigenvalue weighted by Crippen LogP contribution is 2.22. The number of aryl methyl sites for hydroxylation is 2. The third-order valence-corrected chi connectivity index (χ3v) is 5.41. The van der Waals surface area contributed by atoms with Crippen LogP contribution in [-0.4, -0.2) is 33.3 Å². The average molecular weight is 422 g/mol. The van der Waals surface area contributed by atoms with E-state index >= 15 is 0 Å². The van der Waals surface area contributed by atoms with Crippen LogP contribution in [0, 0.1) is 13.8 Å². The Bertz CT molecular complexity index is 901. The molecule has 0 saturated carbocycles. The molecule has 0 spiro atoms. The second kappa shape index (κ2) is 7.17. The van der Waals surface area contributed by atoms with Crippen molar-refractivity contribution in [3.63, 3.8) is 0 Å². The summed E-state index contributed by atoms with van der Waals surface area (Å²) < 4.78 is 8.80. The van der Waals surface area contributed by atoms with Crippen molar-refractivity contribution in [3.8, 4) is 5.75 Å². The van der Waals surface area contributed by atoms with E-state index < -0.39 is 6.10 Å². The van der Waals surface area contributed by atoms with Crippen LogP contribution in [0.5, 0.6) is 5.75 Å². The number of hydrogen-bond acceptors (Lipinski definition) is 4. The molecular formula is C18H20BrN3O2S. The van der Waals surface area contributed by atoms with Crippen molar-refractivity contribution in [2.24, 2.45) is 0 Å². The van der Waals surface area contributed by atoms with Gasteiger partial charge in [0.1, 0.15) is 5.75 Å². The molecule has 0 aliphatic rings. The zero-order valence-electron chi connectivity index (χ0n) is 14.6. The third-order valence-electron chi connectivity index (χ3n) is 3.98. The predicted octanol–water partition coefficient (Wildman–Crippen LogP) is 4.20. The lowest BCUT2D eigenvalue weighted by Crippen LogP contribution is -2.37. The SMILES string of the molecule is Cc1cn2c(CN(C)C(=O)C(C)Oc3ccc(Br)cc3)c(C)nc2s1. The molecule has 7 heteroatoms. The summed E-state index contributed by atoms with van der Waals surface area (Å²) in [6.45, 7) is 6.30. The van der Waals surface area contributed by atoms with Gasteiger partial charge in [0.25, 0.3) is 5.91 Å². The number of halogens is 1. The number of carbonyl (C=O) groups is 1. The van der Waals surface area contributed by atoms with Crippen LogP contribution >= 0.6 is 27.3 Å². The van der Waals surface area contributed by atoms with Crippen molar-refractivity contribution in [3.05, 3.63) is 51.2 Å². The molecule has 1 unspecified atom stereocenters. The molecule has 5 nitrogen and oxygen atoms in total. The molecule has 0 N–H and O–H groups in total. The monoisotopic (exact) mass is 421 g/mol. The average Bonchev–Trinajstić information content (AvgIpc) is 3.05. The number of thiazole rings is 1. The van der Waals surface area contributed by atoms with Gasteiger partial charge in [-0.25, -0.2) is 4.98 Å². The number of carbonyl (C=O) groups excluding carboxylic acids is 1. The van der Waals surface area contributed by atoms with Crippen molar-refractivity contribution in [2.75, 3.05) is 7.05 Å². The molecule has 2 heterocycles. The molecule has 0 aliphatic heterocycles. The first-order valence-electron chi connectivity index (χ1n) is 7.96. The fraction of sp³-hybridized carbons (Fsp3) is 0.333. The van der Waals surface area contributed by atoms with Crippen molar-refractivity contribution in [2.45, 2.75) is 33.4 Å². The molecule has 1 atom stereocenters. The second-order valence-corrected chi connectivity index (χ2v) is 8.18. The molecule has 1 aromatic carbocycles. The minimum atomic E-state index is -0.556. The Balaban J connectivity index is 1.70. The maximum Gasteiger partial charge on any atom is 0.263 e. The van der Waals surface area contributed by atoms with E-state index in [4.69, 9.17) is 4.74 Å². The largest absolute Gasteiger partial charge is 0.481 e. The van der Waals surface area contributed by atoms with Crippen molar-refractivity contribution in [1.29, 1.82) is 0 Å². The number of benzene rings is 1. The van der Waals surface area contributed by atoms with E-state index in [1.807, 2.05) is 31.2 Å². The Morgan fingerprint density at radius 3 is 2.72 bits per heavy atom. The summed E-state index contributed by atoms with van der Waals surface area (Å²) in [5.41, 5.74) is 1.98. The number of hydrogen-bond donors (Lipinski definition) is 0. The topological polar surface area (TPSA) is 46.8 Å². The fourth-order valence-electron chi connectivity index (χ4n) is 2.68. The first-order valence-corrected chi connectivity index (χ1v) is 9.57. The van der Waals surface area contributed by atoms with Crippen LogP contribution in [0.2, 0.25) is 0 Å². The molecule has 3 rings (SSSR count). The third kappa shape index (κ3) is 3.88. The summed E-state index contributed by atoms with van der Waals surface area (Å²) in [5, 5.41) is 0. The smallest absolute Gasteiger partial charge is 0.263 e. The van der Waals surface area contributed by atoms with Crippen molar-refractivity contribution in [1.82, 2.24) is 14.3 Å². The van der Waals surface area contributed by atoms with E-state index in [-0.39, 0.29) is 5.91 Å². The first kappa shape index (κ1) is 17.9. The Morgan fingerprint density at radius 2 is 2.04 bits per heavy atom. The van der Waals surface area contributed by atoms with Crippen LogP contribution in [0.1, 0.15) is 23.2 Å². The molecule has 3 aromatic rings. The Labute approximate surface area is 159 Å². The van der Waals surface area contributed by atoms with Gasteiger partial charge >= 0.3 is 0 Å². The lowest BCUT2D eigenvalue weighted by Gasteiger charge is -2.22. The van der Waals surface area contributed by atoms with E-state index in [2.05, 4.69) is 38.4 Å². The summed E-state index contributed by atoms with van der Waals surface area (Å²) in [4.78, 5) is 21.1.